The van der Waals surface area contributed by atoms with Crippen LogP contribution in [0.2, 0.25) is 0 Å². The third kappa shape index (κ3) is 2.83. The van der Waals surface area contributed by atoms with Crippen LogP contribution in [0.1, 0.15) is 5.56 Å². The second-order valence-corrected chi connectivity index (χ2v) is 4.91. The molecule has 0 unspecified atom stereocenters. The fraction of sp³-hybridized carbons (Fsp3) is 0.267. The Balaban J connectivity index is 1.87. The number of imidazole rings is 1. The number of aromatic amines is 1. The maximum atomic E-state index is 5.89. The number of nitrogens with two attached hydrogens (primary N) is 1. The van der Waals surface area contributed by atoms with Crippen LogP contribution in [0.25, 0.3) is 11.2 Å². The van der Waals surface area contributed by atoms with Crippen molar-refractivity contribution in [3.8, 4) is 17.2 Å². The molecule has 3 aromatic rings. The van der Waals surface area contributed by atoms with Crippen LogP contribution >= 0.6 is 0 Å². The summed E-state index contributed by atoms with van der Waals surface area (Å²) in [6, 6.07) is 3.60. The Morgan fingerprint density at radius 3 is 2.46 bits per heavy atom. The summed E-state index contributed by atoms with van der Waals surface area (Å²) in [4.78, 5) is 15.5. The van der Waals surface area contributed by atoms with E-state index in [9.17, 15) is 0 Å². The van der Waals surface area contributed by atoms with Crippen LogP contribution in [0.4, 0.5) is 11.8 Å². The van der Waals surface area contributed by atoms with Gasteiger partial charge in [0.05, 0.1) is 27.7 Å². The number of rotatable bonds is 6. The molecular formula is C15H18N6O3. The molecule has 9 heteroatoms. The van der Waals surface area contributed by atoms with Crippen molar-refractivity contribution in [2.75, 3.05) is 32.4 Å². The average Bonchev–Trinajstić information content (AvgIpc) is 3.08. The number of benzene rings is 1. The number of methoxy groups -OCH3 is 3. The first-order valence-corrected chi connectivity index (χ1v) is 7.15. The van der Waals surface area contributed by atoms with Gasteiger partial charge in [0.1, 0.15) is 11.3 Å². The van der Waals surface area contributed by atoms with Crippen molar-refractivity contribution < 1.29 is 14.2 Å². The highest BCUT2D eigenvalue weighted by Crippen LogP contribution is 2.34. The lowest BCUT2D eigenvalue weighted by Crippen LogP contribution is -2.07. The number of nitrogens with zero attached hydrogens (tertiary/aromatic N) is 3. The lowest BCUT2D eigenvalue weighted by molar-refractivity contribution is 0.347. The van der Waals surface area contributed by atoms with Crippen molar-refractivity contribution in [2.45, 2.75) is 6.54 Å². The lowest BCUT2D eigenvalue weighted by atomic mass is 10.1. The quantitative estimate of drug-likeness (QED) is 0.623. The summed E-state index contributed by atoms with van der Waals surface area (Å²) in [7, 11) is 4.75. The molecule has 0 aliphatic heterocycles. The van der Waals surface area contributed by atoms with E-state index in [0.717, 1.165) is 5.56 Å². The van der Waals surface area contributed by atoms with Crippen molar-refractivity contribution in [3.05, 3.63) is 24.0 Å². The van der Waals surface area contributed by atoms with Crippen LogP contribution in [0.15, 0.2) is 18.5 Å². The Bertz CT molecular complexity index is 864. The van der Waals surface area contributed by atoms with Crippen molar-refractivity contribution in [1.29, 1.82) is 0 Å². The topological polar surface area (TPSA) is 120 Å². The van der Waals surface area contributed by atoms with E-state index in [1.54, 1.807) is 27.4 Å². The van der Waals surface area contributed by atoms with Gasteiger partial charge in [0.15, 0.2) is 23.0 Å². The zero-order valence-corrected chi connectivity index (χ0v) is 13.6. The molecule has 0 bridgehead atoms. The summed E-state index contributed by atoms with van der Waals surface area (Å²) < 4.78 is 16.0. The number of ether oxygens (including phenoxy) is 3. The van der Waals surface area contributed by atoms with Crippen LogP contribution in [0, 0.1) is 0 Å². The maximum absolute atomic E-state index is 5.89. The second kappa shape index (κ2) is 6.49. The number of aromatic nitrogens is 4. The summed E-state index contributed by atoms with van der Waals surface area (Å²) >= 11 is 0. The molecule has 9 nitrogen and oxygen atoms in total. The van der Waals surface area contributed by atoms with E-state index in [0.29, 0.717) is 46.7 Å². The average molecular weight is 330 g/mol. The highest BCUT2D eigenvalue weighted by atomic mass is 16.5. The summed E-state index contributed by atoms with van der Waals surface area (Å²) in [5, 5.41) is 3.11. The zero-order valence-electron chi connectivity index (χ0n) is 13.6. The summed E-state index contributed by atoms with van der Waals surface area (Å²) in [6.45, 7) is 0.416. The number of nitrogen functional groups attached to an aromatic ring is 1. The molecule has 0 saturated carbocycles. The third-order valence-electron chi connectivity index (χ3n) is 3.54. The van der Waals surface area contributed by atoms with E-state index in [1.165, 1.54) is 6.33 Å². The molecule has 0 aliphatic carbocycles. The van der Waals surface area contributed by atoms with E-state index in [2.05, 4.69) is 25.3 Å². The van der Waals surface area contributed by atoms with Crippen molar-refractivity contribution in [1.82, 2.24) is 19.9 Å². The molecule has 0 fully saturated rings. The van der Waals surface area contributed by atoms with Gasteiger partial charge in [-0.2, -0.15) is 9.97 Å². The first-order valence-electron chi connectivity index (χ1n) is 7.15. The number of anilines is 2. The van der Waals surface area contributed by atoms with Crippen LogP contribution in [-0.4, -0.2) is 41.3 Å². The van der Waals surface area contributed by atoms with E-state index in [-0.39, 0.29) is 0 Å². The van der Waals surface area contributed by atoms with Gasteiger partial charge >= 0.3 is 0 Å². The molecule has 2 aromatic heterocycles. The molecule has 0 radical (unpaired) electrons. The van der Waals surface area contributed by atoms with Crippen LogP contribution in [0.3, 0.4) is 0 Å². The first kappa shape index (κ1) is 15.7. The standard InChI is InChI=1S/C15H18N6O3/c1-22-9-5-11(24-3)10(23-2)4-8(9)6-17-15-20-13(16)12-14(21-15)19-7-18-12/h4-5,7H,6H2,1-3H3,(H4,16,17,18,19,20,21). The van der Waals surface area contributed by atoms with E-state index >= 15 is 0 Å². The zero-order chi connectivity index (χ0) is 17.1. The summed E-state index contributed by atoms with van der Waals surface area (Å²) in [5.74, 6) is 2.58. The van der Waals surface area contributed by atoms with Crippen molar-refractivity contribution in [3.63, 3.8) is 0 Å². The van der Waals surface area contributed by atoms with Crippen LogP contribution in [0.5, 0.6) is 17.2 Å². The van der Waals surface area contributed by atoms with Gasteiger partial charge < -0.3 is 30.2 Å². The van der Waals surface area contributed by atoms with E-state index < -0.39 is 0 Å². The van der Waals surface area contributed by atoms with Gasteiger partial charge in [-0.25, -0.2) is 4.98 Å². The maximum Gasteiger partial charge on any atom is 0.227 e. The first-order chi connectivity index (χ1) is 11.7. The van der Waals surface area contributed by atoms with Gasteiger partial charge in [0, 0.05) is 18.2 Å². The smallest absolute Gasteiger partial charge is 0.227 e. The van der Waals surface area contributed by atoms with Gasteiger partial charge in [-0.3, -0.25) is 0 Å². The highest BCUT2D eigenvalue weighted by Gasteiger charge is 2.13. The predicted molar refractivity (Wildman–Crippen MR) is 89.5 cm³/mol. The van der Waals surface area contributed by atoms with Gasteiger partial charge in [-0.1, -0.05) is 0 Å². The van der Waals surface area contributed by atoms with Gasteiger partial charge in [-0.05, 0) is 6.07 Å². The Labute approximate surface area is 138 Å². The number of H-pyrrole nitrogens is 1. The number of hydrogen-bond acceptors (Lipinski definition) is 8. The summed E-state index contributed by atoms with van der Waals surface area (Å²) in [5.41, 5.74) is 7.87. The molecule has 0 atom stereocenters. The number of hydrogen-bond donors (Lipinski definition) is 3. The normalized spacial score (nSPS) is 10.6. The lowest BCUT2D eigenvalue weighted by Gasteiger charge is -2.14. The van der Waals surface area contributed by atoms with E-state index in [1.807, 2.05) is 6.07 Å². The monoisotopic (exact) mass is 330 g/mol. The number of fused-ring (bicyclic) bond motifs is 1. The molecule has 0 saturated heterocycles. The molecule has 24 heavy (non-hydrogen) atoms. The minimum absolute atomic E-state index is 0.333. The van der Waals surface area contributed by atoms with Gasteiger partial charge in [0.2, 0.25) is 5.95 Å². The highest BCUT2D eigenvalue weighted by molar-refractivity contribution is 5.82. The van der Waals surface area contributed by atoms with Crippen molar-refractivity contribution in [2.24, 2.45) is 0 Å². The second-order valence-electron chi connectivity index (χ2n) is 4.91. The minimum atomic E-state index is 0.333. The molecule has 0 amide bonds. The van der Waals surface area contributed by atoms with Gasteiger partial charge in [-0.15, -0.1) is 0 Å². The molecule has 126 valence electrons. The molecule has 4 N–H and O–H groups in total. The molecular weight excluding hydrogens is 312 g/mol. The van der Waals surface area contributed by atoms with Gasteiger partial charge in [0.25, 0.3) is 0 Å². The van der Waals surface area contributed by atoms with Crippen molar-refractivity contribution >= 4 is 22.9 Å². The molecule has 1 aromatic carbocycles. The Morgan fingerprint density at radius 1 is 1.04 bits per heavy atom. The Hall–Kier alpha value is -3.23. The molecule has 0 aliphatic rings. The Morgan fingerprint density at radius 2 is 1.75 bits per heavy atom. The molecule has 0 spiro atoms. The third-order valence-corrected chi connectivity index (χ3v) is 3.54. The minimum Gasteiger partial charge on any atom is -0.496 e. The fourth-order valence-electron chi connectivity index (χ4n) is 2.34. The predicted octanol–water partition coefficient (Wildman–Crippen LogP) is 1.57. The van der Waals surface area contributed by atoms with Crippen LogP contribution in [-0.2, 0) is 6.54 Å². The Kier molecular flexibility index (Phi) is 4.23. The number of nitrogens with one attached hydrogen (secondary N) is 2. The molecule has 3 rings (SSSR count). The van der Waals surface area contributed by atoms with E-state index in [4.69, 9.17) is 19.9 Å². The molecule has 2 heterocycles. The summed E-state index contributed by atoms with van der Waals surface area (Å²) in [6.07, 6.45) is 1.52. The van der Waals surface area contributed by atoms with Crippen LogP contribution < -0.4 is 25.3 Å². The SMILES string of the molecule is COc1cc(OC)c(OC)cc1CNc1nc(N)c2[nH]cnc2n1. The largest absolute Gasteiger partial charge is 0.496 e. The fourth-order valence-corrected chi connectivity index (χ4v) is 2.34.